The van der Waals surface area contributed by atoms with Crippen molar-refractivity contribution in [2.45, 2.75) is 37.1 Å². The predicted molar refractivity (Wildman–Crippen MR) is 65.9 cm³/mol. The van der Waals surface area contributed by atoms with Crippen molar-refractivity contribution in [3.8, 4) is 0 Å². The van der Waals surface area contributed by atoms with Gasteiger partial charge in [0.25, 0.3) is 10.1 Å². The molecule has 1 atom stereocenters. The molecule has 1 unspecified atom stereocenters. The molecule has 5 nitrogen and oxygen atoms in total. The van der Waals surface area contributed by atoms with E-state index in [9.17, 15) is 13.2 Å². The van der Waals surface area contributed by atoms with E-state index >= 15 is 0 Å². The first kappa shape index (κ1) is 13.0. The smallest absolute Gasteiger partial charge is 0.294 e. The molecule has 1 heterocycles. The van der Waals surface area contributed by atoms with Crippen LogP contribution in [0.15, 0.2) is 23.1 Å². The molecule has 1 aromatic rings. The van der Waals surface area contributed by atoms with Crippen LogP contribution in [0.4, 0.5) is 0 Å². The van der Waals surface area contributed by atoms with E-state index in [0.717, 1.165) is 17.5 Å². The Labute approximate surface area is 106 Å². The number of benzene rings is 1. The van der Waals surface area contributed by atoms with Gasteiger partial charge in [-0.25, -0.2) is 0 Å². The molecule has 98 valence electrons. The van der Waals surface area contributed by atoms with Crippen LogP contribution in [0, 0.1) is 6.92 Å². The largest absolute Gasteiger partial charge is 0.353 e. The van der Waals surface area contributed by atoms with Crippen LogP contribution in [0.2, 0.25) is 0 Å². The Hall–Kier alpha value is -1.40. The van der Waals surface area contributed by atoms with E-state index in [1.165, 1.54) is 12.1 Å². The summed E-state index contributed by atoms with van der Waals surface area (Å²) in [5.41, 5.74) is 1.78. The minimum Gasteiger partial charge on any atom is -0.353 e. The van der Waals surface area contributed by atoms with Gasteiger partial charge >= 0.3 is 0 Å². The third-order valence-corrected chi connectivity index (χ3v) is 4.02. The third kappa shape index (κ3) is 2.88. The standard InChI is InChI=1S/C12H15NO4S/c1-8-2-4-11(18(15,16)17)7-9(8)6-10-3-5-12(14)13-10/h2,4,7,10H,3,5-6H2,1H3,(H,13,14)(H,15,16,17). The monoisotopic (exact) mass is 269 g/mol. The van der Waals surface area contributed by atoms with Crippen LogP contribution in [-0.4, -0.2) is 24.9 Å². The lowest BCUT2D eigenvalue weighted by atomic mass is 10.0. The summed E-state index contributed by atoms with van der Waals surface area (Å²) in [6.07, 6.45) is 1.86. The van der Waals surface area contributed by atoms with Gasteiger partial charge in [0.1, 0.15) is 0 Å². The van der Waals surface area contributed by atoms with E-state index in [1.807, 2.05) is 6.92 Å². The van der Waals surface area contributed by atoms with Gasteiger partial charge in [-0.1, -0.05) is 6.07 Å². The topological polar surface area (TPSA) is 83.5 Å². The zero-order valence-electron chi connectivity index (χ0n) is 10.0. The highest BCUT2D eigenvalue weighted by atomic mass is 32.2. The lowest BCUT2D eigenvalue weighted by Crippen LogP contribution is -2.27. The van der Waals surface area contributed by atoms with Crippen molar-refractivity contribution in [2.24, 2.45) is 0 Å². The second-order valence-corrected chi connectivity index (χ2v) is 5.99. The molecule has 0 radical (unpaired) electrons. The number of amides is 1. The van der Waals surface area contributed by atoms with E-state index in [2.05, 4.69) is 5.32 Å². The fourth-order valence-corrected chi connectivity index (χ4v) is 2.66. The zero-order chi connectivity index (χ0) is 13.3. The minimum absolute atomic E-state index is 0.0311. The Morgan fingerprint density at radius 1 is 1.44 bits per heavy atom. The molecule has 2 rings (SSSR count). The van der Waals surface area contributed by atoms with Gasteiger partial charge in [0.2, 0.25) is 5.91 Å². The number of aryl methyl sites for hydroxylation is 1. The first-order chi connectivity index (χ1) is 8.36. The van der Waals surface area contributed by atoms with Gasteiger partial charge in [0.05, 0.1) is 4.90 Å². The van der Waals surface area contributed by atoms with Gasteiger partial charge in [-0.05, 0) is 43.0 Å². The van der Waals surface area contributed by atoms with Gasteiger partial charge in [-0.3, -0.25) is 9.35 Å². The van der Waals surface area contributed by atoms with Crippen LogP contribution in [0.3, 0.4) is 0 Å². The molecule has 1 aromatic carbocycles. The lowest BCUT2D eigenvalue weighted by molar-refractivity contribution is -0.119. The summed E-state index contributed by atoms with van der Waals surface area (Å²) in [4.78, 5) is 11.0. The lowest BCUT2D eigenvalue weighted by Gasteiger charge is -2.13. The molecule has 0 saturated carbocycles. The molecule has 0 aromatic heterocycles. The molecule has 0 aliphatic carbocycles. The molecule has 1 amide bonds. The number of hydrogen-bond donors (Lipinski definition) is 2. The number of hydrogen-bond acceptors (Lipinski definition) is 3. The van der Waals surface area contributed by atoms with Crippen LogP contribution in [0.25, 0.3) is 0 Å². The SMILES string of the molecule is Cc1ccc(S(=O)(=O)O)cc1CC1CCC(=O)N1. The number of carbonyl (C=O) groups excluding carboxylic acids is 1. The van der Waals surface area contributed by atoms with Gasteiger partial charge in [0, 0.05) is 12.5 Å². The molecule has 1 aliphatic rings. The molecule has 1 saturated heterocycles. The Balaban J connectivity index is 2.24. The third-order valence-electron chi connectivity index (χ3n) is 3.17. The Morgan fingerprint density at radius 3 is 2.72 bits per heavy atom. The second kappa shape index (κ2) is 4.70. The second-order valence-electron chi connectivity index (χ2n) is 4.57. The Kier molecular flexibility index (Phi) is 3.41. The molecular weight excluding hydrogens is 254 g/mol. The van der Waals surface area contributed by atoms with Crippen molar-refractivity contribution in [3.63, 3.8) is 0 Å². The highest BCUT2D eigenvalue weighted by Crippen LogP contribution is 2.19. The van der Waals surface area contributed by atoms with Crippen LogP contribution >= 0.6 is 0 Å². The van der Waals surface area contributed by atoms with Crippen LogP contribution in [-0.2, 0) is 21.3 Å². The molecule has 0 bridgehead atoms. The molecule has 0 spiro atoms. The highest BCUT2D eigenvalue weighted by molar-refractivity contribution is 7.85. The van der Waals surface area contributed by atoms with Gasteiger partial charge < -0.3 is 5.32 Å². The van der Waals surface area contributed by atoms with Gasteiger partial charge in [-0.2, -0.15) is 8.42 Å². The molecule has 1 aliphatic heterocycles. The van der Waals surface area contributed by atoms with E-state index in [4.69, 9.17) is 4.55 Å². The summed E-state index contributed by atoms with van der Waals surface area (Å²) in [5, 5.41) is 2.84. The van der Waals surface area contributed by atoms with Crippen LogP contribution in [0.1, 0.15) is 24.0 Å². The average molecular weight is 269 g/mol. The summed E-state index contributed by atoms with van der Waals surface area (Å²) in [6, 6.07) is 4.55. The fourth-order valence-electron chi connectivity index (χ4n) is 2.12. The summed E-state index contributed by atoms with van der Waals surface area (Å²) in [5.74, 6) is 0.0311. The highest BCUT2D eigenvalue weighted by Gasteiger charge is 2.22. The van der Waals surface area contributed by atoms with E-state index in [-0.39, 0.29) is 16.8 Å². The quantitative estimate of drug-likeness (QED) is 0.804. The summed E-state index contributed by atoms with van der Waals surface area (Å²) in [7, 11) is -4.17. The first-order valence-electron chi connectivity index (χ1n) is 5.72. The molecular formula is C12H15NO4S. The maximum atomic E-state index is 11.1. The molecule has 2 N–H and O–H groups in total. The molecule has 1 fully saturated rings. The Morgan fingerprint density at radius 2 is 2.17 bits per heavy atom. The number of nitrogens with one attached hydrogen (secondary N) is 1. The van der Waals surface area contributed by atoms with Crippen molar-refractivity contribution >= 4 is 16.0 Å². The average Bonchev–Trinajstić information content (AvgIpc) is 2.66. The normalized spacial score (nSPS) is 19.9. The Bertz CT molecular complexity index is 580. The van der Waals surface area contributed by atoms with Crippen LogP contribution < -0.4 is 5.32 Å². The first-order valence-corrected chi connectivity index (χ1v) is 7.16. The van der Waals surface area contributed by atoms with E-state index < -0.39 is 10.1 Å². The summed E-state index contributed by atoms with van der Waals surface area (Å²) < 4.78 is 31.2. The summed E-state index contributed by atoms with van der Waals surface area (Å²) >= 11 is 0. The minimum atomic E-state index is -4.17. The van der Waals surface area contributed by atoms with Crippen molar-refractivity contribution in [1.82, 2.24) is 5.32 Å². The van der Waals surface area contributed by atoms with Crippen LogP contribution in [0.5, 0.6) is 0 Å². The van der Waals surface area contributed by atoms with Crippen molar-refractivity contribution in [3.05, 3.63) is 29.3 Å². The van der Waals surface area contributed by atoms with E-state index in [1.54, 1.807) is 6.07 Å². The van der Waals surface area contributed by atoms with Crippen molar-refractivity contribution in [1.29, 1.82) is 0 Å². The maximum absolute atomic E-state index is 11.1. The predicted octanol–water partition coefficient (Wildman–Crippen LogP) is 1.06. The van der Waals surface area contributed by atoms with Gasteiger partial charge in [-0.15, -0.1) is 0 Å². The summed E-state index contributed by atoms with van der Waals surface area (Å²) in [6.45, 7) is 1.87. The molecule has 18 heavy (non-hydrogen) atoms. The van der Waals surface area contributed by atoms with Crippen molar-refractivity contribution < 1.29 is 17.8 Å². The maximum Gasteiger partial charge on any atom is 0.294 e. The number of rotatable bonds is 3. The van der Waals surface area contributed by atoms with E-state index in [0.29, 0.717) is 12.8 Å². The fraction of sp³-hybridized carbons (Fsp3) is 0.417. The van der Waals surface area contributed by atoms with Crippen molar-refractivity contribution in [2.75, 3.05) is 0 Å². The molecule has 6 heteroatoms. The zero-order valence-corrected chi connectivity index (χ0v) is 10.8. The number of carbonyl (C=O) groups is 1. The van der Waals surface area contributed by atoms with Gasteiger partial charge in [0.15, 0.2) is 0 Å².